The van der Waals surface area contributed by atoms with E-state index < -0.39 is 21.8 Å². The van der Waals surface area contributed by atoms with Crippen LogP contribution >= 0.6 is 23.2 Å². The van der Waals surface area contributed by atoms with Gasteiger partial charge in [0.15, 0.2) is 0 Å². The highest BCUT2D eigenvalue weighted by Crippen LogP contribution is 2.25. The van der Waals surface area contributed by atoms with E-state index in [9.17, 15) is 13.2 Å². The zero-order valence-electron chi connectivity index (χ0n) is 13.2. The van der Waals surface area contributed by atoms with Crippen LogP contribution in [0.1, 0.15) is 5.56 Å². The van der Waals surface area contributed by atoms with Gasteiger partial charge in [0.1, 0.15) is 11.8 Å². The topological polar surface area (TPSA) is 116 Å². The summed E-state index contributed by atoms with van der Waals surface area (Å²) in [5.41, 5.74) is 5.67. The van der Waals surface area contributed by atoms with Crippen LogP contribution in [-0.2, 0) is 21.4 Å². The van der Waals surface area contributed by atoms with Gasteiger partial charge in [0.05, 0.1) is 16.5 Å². The van der Waals surface area contributed by atoms with Crippen LogP contribution in [0.4, 0.5) is 0 Å². The molecular weight excluding hydrogens is 387 g/mol. The molecule has 25 heavy (non-hydrogen) atoms. The first kappa shape index (κ1) is 19.5. The number of hydrogen-bond donors (Lipinski definition) is 3. The van der Waals surface area contributed by atoms with Crippen LogP contribution in [0.2, 0.25) is 5.02 Å². The van der Waals surface area contributed by atoms with Gasteiger partial charge < -0.3 is 10.6 Å². The highest BCUT2D eigenvalue weighted by molar-refractivity contribution is 7.89. The Morgan fingerprint density at radius 2 is 2.08 bits per heavy atom. The van der Waals surface area contributed by atoms with Crippen LogP contribution < -0.4 is 10.5 Å². The molecular formula is C15H16Cl2N4O3S. The summed E-state index contributed by atoms with van der Waals surface area (Å²) in [6.45, 7) is -0.0304. The molecule has 2 rings (SSSR count). The smallest absolute Gasteiger partial charge is 0.240 e. The normalized spacial score (nSPS) is 18.0. The number of sulfonamides is 1. The highest BCUT2D eigenvalue weighted by atomic mass is 35.5. The van der Waals surface area contributed by atoms with E-state index in [1.807, 2.05) is 0 Å². The van der Waals surface area contributed by atoms with Gasteiger partial charge in [-0.15, -0.1) is 0 Å². The van der Waals surface area contributed by atoms with Crippen molar-refractivity contribution in [2.24, 2.45) is 11.7 Å². The number of carbonyl (C=O) groups is 1. The molecule has 0 bridgehead atoms. The van der Waals surface area contributed by atoms with Gasteiger partial charge >= 0.3 is 0 Å². The van der Waals surface area contributed by atoms with Crippen LogP contribution in [0.3, 0.4) is 0 Å². The minimum Gasteiger partial charge on any atom is -0.369 e. The molecule has 1 atom stereocenters. The second-order valence-electron chi connectivity index (χ2n) is 5.23. The first-order chi connectivity index (χ1) is 11.7. The molecule has 1 aliphatic rings. The predicted molar refractivity (Wildman–Crippen MR) is 96.7 cm³/mol. The van der Waals surface area contributed by atoms with Crippen LogP contribution in [0.15, 0.2) is 46.5 Å². The molecule has 1 aromatic rings. The van der Waals surface area contributed by atoms with Crippen LogP contribution in [-0.4, -0.2) is 32.1 Å². The lowest BCUT2D eigenvalue weighted by molar-refractivity contribution is -0.118. The lowest BCUT2D eigenvalue weighted by Gasteiger charge is -2.24. The van der Waals surface area contributed by atoms with Gasteiger partial charge in [0, 0.05) is 11.2 Å². The SMILES string of the molecule is CNS(=O)(=O)c1ccc(Cl)cc1CN1C=C(Cl)C=CC(C(N)=O)C1=N. The summed E-state index contributed by atoms with van der Waals surface area (Å²) in [5, 5.41) is 8.82. The number of nitrogens with two attached hydrogens (primary N) is 1. The maximum Gasteiger partial charge on any atom is 0.240 e. The van der Waals surface area contributed by atoms with Gasteiger partial charge in [0.2, 0.25) is 15.9 Å². The molecule has 0 spiro atoms. The summed E-state index contributed by atoms with van der Waals surface area (Å²) >= 11 is 12.0. The molecule has 0 aliphatic carbocycles. The Balaban J connectivity index is 2.48. The third-order valence-electron chi connectivity index (χ3n) is 3.56. The third kappa shape index (κ3) is 4.40. The Hall–Kier alpha value is -1.87. The quantitative estimate of drug-likeness (QED) is 0.695. The predicted octanol–water partition coefficient (Wildman–Crippen LogP) is 1.78. The van der Waals surface area contributed by atoms with Crippen LogP contribution in [0, 0.1) is 11.3 Å². The summed E-state index contributed by atoms with van der Waals surface area (Å²) < 4.78 is 26.7. The first-order valence-corrected chi connectivity index (χ1v) is 9.31. The Morgan fingerprint density at radius 1 is 1.40 bits per heavy atom. The number of amidine groups is 1. The summed E-state index contributed by atoms with van der Waals surface area (Å²) in [6, 6.07) is 4.32. The maximum atomic E-state index is 12.2. The molecule has 4 N–H and O–H groups in total. The fourth-order valence-electron chi connectivity index (χ4n) is 2.31. The van der Waals surface area contributed by atoms with Gasteiger partial charge in [-0.1, -0.05) is 29.3 Å². The molecule has 0 fully saturated rings. The van der Waals surface area contributed by atoms with Crippen molar-refractivity contribution in [1.29, 1.82) is 5.41 Å². The van der Waals surface area contributed by atoms with E-state index in [1.54, 1.807) is 0 Å². The van der Waals surface area contributed by atoms with Crippen molar-refractivity contribution in [2.45, 2.75) is 11.4 Å². The second kappa shape index (κ2) is 7.57. The van der Waals surface area contributed by atoms with E-state index in [4.69, 9.17) is 34.3 Å². The minimum absolute atomic E-state index is 0.0181. The third-order valence-corrected chi connectivity index (χ3v) is 5.53. The van der Waals surface area contributed by atoms with E-state index in [-0.39, 0.29) is 22.3 Å². The lowest BCUT2D eigenvalue weighted by Crippen LogP contribution is -2.37. The van der Waals surface area contributed by atoms with E-state index in [1.165, 1.54) is 48.5 Å². The Morgan fingerprint density at radius 3 is 2.68 bits per heavy atom. The molecule has 0 radical (unpaired) electrons. The average molecular weight is 403 g/mol. The summed E-state index contributed by atoms with van der Waals surface area (Å²) in [4.78, 5) is 12.9. The zero-order valence-corrected chi connectivity index (χ0v) is 15.5. The number of halogens is 2. The molecule has 134 valence electrons. The number of benzene rings is 1. The highest BCUT2D eigenvalue weighted by Gasteiger charge is 2.26. The monoisotopic (exact) mass is 402 g/mol. The van der Waals surface area contributed by atoms with E-state index in [0.717, 1.165) is 0 Å². The minimum atomic E-state index is -3.73. The number of carbonyl (C=O) groups excluding carboxylic acids is 1. The number of nitrogens with zero attached hydrogens (tertiary/aromatic N) is 1. The van der Waals surface area contributed by atoms with Crippen molar-refractivity contribution in [3.8, 4) is 0 Å². The molecule has 0 saturated heterocycles. The number of amides is 1. The van der Waals surface area contributed by atoms with Crippen molar-refractivity contribution in [3.63, 3.8) is 0 Å². The van der Waals surface area contributed by atoms with Gasteiger partial charge in [-0.05, 0) is 36.9 Å². The first-order valence-electron chi connectivity index (χ1n) is 7.07. The molecule has 0 saturated carbocycles. The molecule has 1 amide bonds. The van der Waals surface area contributed by atoms with E-state index >= 15 is 0 Å². The van der Waals surface area contributed by atoms with Gasteiger partial charge in [0.25, 0.3) is 0 Å². The fraction of sp³-hybridized carbons (Fsp3) is 0.200. The lowest BCUT2D eigenvalue weighted by atomic mass is 10.1. The number of nitrogens with one attached hydrogen (secondary N) is 2. The second-order valence-corrected chi connectivity index (χ2v) is 7.95. The number of allylic oxidation sites excluding steroid dienone is 2. The number of hydrogen-bond acceptors (Lipinski definition) is 4. The molecule has 1 aromatic carbocycles. The molecule has 0 aromatic heterocycles. The molecule has 1 aliphatic heterocycles. The van der Waals surface area contributed by atoms with Crippen LogP contribution in [0.25, 0.3) is 0 Å². The average Bonchev–Trinajstić information content (AvgIpc) is 2.66. The standard InChI is InChI=1S/C15H16Cl2N4O3S/c1-20-25(23,24)13-5-3-10(16)6-9(13)7-21-8-11(17)2-4-12(14(21)18)15(19)22/h2-6,8,12,18,20H,7H2,1H3,(H2,19,22). The van der Waals surface area contributed by atoms with E-state index in [0.29, 0.717) is 10.6 Å². The summed E-state index contributed by atoms with van der Waals surface area (Å²) in [6.07, 6.45) is 4.32. The summed E-state index contributed by atoms with van der Waals surface area (Å²) in [7, 11) is -2.44. The van der Waals surface area contributed by atoms with E-state index in [2.05, 4.69) is 4.72 Å². The maximum absolute atomic E-state index is 12.2. The molecule has 10 heteroatoms. The van der Waals surface area contributed by atoms with Gasteiger partial charge in [-0.25, -0.2) is 13.1 Å². The van der Waals surface area contributed by atoms with Gasteiger partial charge in [-0.2, -0.15) is 0 Å². The number of rotatable bonds is 5. The van der Waals surface area contributed by atoms with Crippen molar-refractivity contribution >= 4 is 45.0 Å². The molecule has 1 unspecified atom stereocenters. The van der Waals surface area contributed by atoms with Gasteiger partial charge in [-0.3, -0.25) is 10.2 Å². The largest absolute Gasteiger partial charge is 0.369 e. The summed E-state index contributed by atoms with van der Waals surface area (Å²) in [5.74, 6) is -1.80. The van der Waals surface area contributed by atoms with Crippen molar-refractivity contribution in [3.05, 3.63) is 52.2 Å². The van der Waals surface area contributed by atoms with Crippen LogP contribution in [0.5, 0.6) is 0 Å². The van der Waals surface area contributed by atoms with Crippen molar-refractivity contribution in [2.75, 3.05) is 7.05 Å². The Kier molecular flexibility index (Phi) is 5.89. The number of primary amides is 1. The molecule has 7 nitrogen and oxygen atoms in total. The Bertz CT molecular complexity index is 881. The zero-order chi connectivity index (χ0) is 18.8. The van der Waals surface area contributed by atoms with Crippen molar-refractivity contribution < 1.29 is 13.2 Å². The fourth-order valence-corrected chi connectivity index (χ4v) is 3.63. The molecule has 1 heterocycles. The Labute approximate surface area is 155 Å². The van der Waals surface area contributed by atoms with Crippen molar-refractivity contribution in [1.82, 2.24) is 9.62 Å².